The topological polar surface area (TPSA) is 56.2 Å². The normalized spacial score (nSPS) is 17.9. The molecule has 0 radical (unpaired) electrons. The maximum atomic E-state index is 12.2. The third kappa shape index (κ3) is 2.97. The van der Waals surface area contributed by atoms with E-state index < -0.39 is 0 Å². The van der Waals surface area contributed by atoms with Gasteiger partial charge in [0.15, 0.2) is 0 Å². The van der Waals surface area contributed by atoms with Crippen LogP contribution in [0, 0.1) is 13.8 Å². The standard InChI is InChI=1S/C16H19N3O2/c1-11-5-3-6-13(9-11)19-15(10-12(2)18-19)17-16(20)14-7-4-8-21-14/h3,5-6,9-10,14H,4,7-8H2,1-2H3,(H,17,20). The molecule has 1 amide bonds. The van der Waals surface area contributed by atoms with Gasteiger partial charge in [0.05, 0.1) is 11.4 Å². The predicted octanol–water partition coefficient (Wildman–Crippen LogP) is 2.61. The summed E-state index contributed by atoms with van der Waals surface area (Å²) in [6.07, 6.45) is 1.38. The first-order valence-electron chi connectivity index (χ1n) is 7.19. The number of carbonyl (C=O) groups excluding carboxylic acids is 1. The Morgan fingerprint density at radius 2 is 2.24 bits per heavy atom. The van der Waals surface area contributed by atoms with E-state index in [4.69, 9.17) is 4.74 Å². The lowest BCUT2D eigenvalue weighted by molar-refractivity contribution is -0.124. The summed E-state index contributed by atoms with van der Waals surface area (Å²) >= 11 is 0. The quantitative estimate of drug-likeness (QED) is 0.943. The molecule has 1 aromatic heterocycles. The summed E-state index contributed by atoms with van der Waals surface area (Å²) in [4.78, 5) is 12.2. The van der Waals surface area contributed by atoms with Crippen molar-refractivity contribution in [1.29, 1.82) is 0 Å². The third-order valence-corrected chi connectivity index (χ3v) is 3.55. The van der Waals surface area contributed by atoms with E-state index in [1.807, 2.05) is 44.2 Å². The van der Waals surface area contributed by atoms with Crippen LogP contribution in [-0.2, 0) is 9.53 Å². The fourth-order valence-electron chi connectivity index (χ4n) is 2.54. The lowest BCUT2D eigenvalue weighted by Crippen LogP contribution is -2.27. The highest BCUT2D eigenvalue weighted by Gasteiger charge is 2.24. The second-order valence-electron chi connectivity index (χ2n) is 5.41. The first-order valence-corrected chi connectivity index (χ1v) is 7.19. The fourth-order valence-corrected chi connectivity index (χ4v) is 2.54. The van der Waals surface area contributed by atoms with Crippen LogP contribution in [-0.4, -0.2) is 28.4 Å². The molecule has 0 saturated carbocycles. The van der Waals surface area contributed by atoms with Crippen molar-refractivity contribution in [2.24, 2.45) is 0 Å². The number of nitrogens with zero attached hydrogens (tertiary/aromatic N) is 2. The highest BCUT2D eigenvalue weighted by Crippen LogP contribution is 2.20. The summed E-state index contributed by atoms with van der Waals surface area (Å²) < 4.78 is 7.18. The second kappa shape index (κ2) is 5.69. The summed E-state index contributed by atoms with van der Waals surface area (Å²) in [7, 11) is 0. The van der Waals surface area contributed by atoms with Gasteiger partial charge in [-0.1, -0.05) is 12.1 Å². The number of amides is 1. The molecular weight excluding hydrogens is 266 g/mol. The monoisotopic (exact) mass is 285 g/mol. The van der Waals surface area contributed by atoms with Gasteiger partial charge in [0.25, 0.3) is 5.91 Å². The molecule has 5 heteroatoms. The van der Waals surface area contributed by atoms with Crippen LogP contribution >= 0.6 is 0 Å². The van der Waals surface area contributed by atoms with Crippen LogP contribution in [0.2, 0.25) is 0 Å². The van der Waals surface area contributed by atoms with Crippen LogP contribution in [0.5, 0.6) is 0 Å². The minimum atomic E-state index is -0.342. The van der Waals surface area contributed by atoms with Gasteiger partial charge in [-0.2, -0.15) is 5.10 Å². The van der Waals surface area contributed by atoms with Gasteiger partial charge < -0.3 is 10.1 Å². The van der Waals surface area contributed by atoms with Crippen LogP contribution < -0.4 is 5.32 Å². The summed E-state index contributed by atoms with van der Waals surface area (Å²) in [5, 5.41) is 7.39. The Morgan fingerprint density at radius 1 is 1.38 bits per heavy atom. The Morgan fingerprint density at radius 3 is 2.95 bits per heavy atom. The first kappa shape index (κ1) is 13.8. The molecule has 21 heavy (non-hydrogen) atoms. The minimum Gasteiger partial charge on any atom is -0.368 e. The molecule has 0 bridgehead atoms. The van der Waals surface area contributed by atoms with E-state index in [1.54, 1.807) is 4.68 Å². The van der Waals surface area contributed by atoms with Gasteiger partial charge in [-0.25, -0.2) is 4.68 Å². The minimum absolute atomic E-state index is 0.0960. The van der Waals surface area contributed by atoms with Gasteiger partial charge >= 0.3 is 0 Å². The highest BCUT2D eigenvalue weighted by molar-refractivity contribution is 5.93. The van der Waals surface area contributed by atoms with E-state index >= 15 is 0 Å². The van der Waals surface area contributed by atoms with Crippen molar-refractivity contribution in [1.82, 2.24) is 9.78 Å². The van der Waals surface area contributed by atoms with Crippen molar-refractivity contribution >= 4 is 11.7 Å². The van der Waals surface area contributed by atoms with Crippen molar-refractivity contribution in [3.05, 3.63) is 41.6 Å². The lowest BCUT2D eigenvalue weighted by atomic mass is 10.2. The molecule has 3 rings (SSSR count). The average Bonchev–Trinajstić information content (AvgIpc) is 3.08. The van der Waals surface area contributed by atoms with Crippen molar-refractivity contribution in [3.63, 3.8) is 0 Å². The van der Waals surface area contributed by atoms with E-state index in [1.165, 1.54) is 0 Å². The predicted molar refractivity (Wildman–Crippen MR) is 80.6 cm³/mol. The molecule has 1 unspecified atom stereocenters. The molecule has 2 heterocycles. The van der Waals surface area contributed by atoms with Gasteiger partial charge in [0.2, 0.25) is 0 Å². The Hall–Kier alpha value is -2.14. The lowest BCUT2D eigenvalue weighted by Gasteiger charge is -2.12. The van der Waals surface area contributed by atoms with Gasteiger partial charge in [-0.15, -0.1) is 0 Å². The van der Waals surface area contributed by atoms with E-state index in [0.717, 1.165) is 29.8 Å². The summed E-state index contributed by atoms with van der Waals surface area (Å²) in [5.41, 5.74) is 2.95. The molecule has 1 fully saturated rings. The number of aromatic nitrogens is 2. The largest absolute Gasteiger partial charge is 0.368 e. The SMILES string of the molecule is Cc1cccc(-n2nc(C)cc2NC(=O)C2CCCO2)c1. The van der Waals surface area contributed by atoms with Gasteiger partial charge in [0.1, 0.15) is 11.9 Å². The number of hydrogen-bond donors (Lipinski definition) is 1. The van der Waals surface area contributed by atoms with Gasteiger partial charge in [0, 0.05) is 12.7 Å². The zero-order chi connectivity index (χ0) is 14.8. The Balaban J connectivity index is 1.87. The van der Waals surface area contributed by atoms with Crippen molar-refractivity contribution in [2.75, 3.05) is 11.9 Å². The number of carbonyl (C=O) groups is 1. The van der Waals surface area contributed by atoms with E-state index in [9.17, 15) is 4.79 Å². The number of nitrogens with one attached hydrogen (secondary N) is 1. The van der Waals surface area contributed by atoms with Crippen LogP contribution in [0.4, 0.5) is 5.82 Å². The van der Waals surface area contributed by atoms with Gasteiger partial charge in [-0.05, 0) is 44.4 Å². The Bertz CT molecular complexity index is 657. The Labute approximate surface area is 123 Å². The number of ether oxygens (including phenoxy) is 1. The molecule has 2 aromatic rings. The van der Waals surface area contributed by atoms with E-state index in [-0.39, 0.29) is 12.0 Å². The molecule has 5 nitrogen and oxygen atoms in total. The van der Waals surface area contributed by atoms with Crippen molar-refractivity contribution < 1.29 is 9.53 Å². The number of benzene rings is 1. The molecule has 110 valence electrons. The molecule has 1 saturated heterocycles. The molecule has 1 aliphatic heterocycles. The second-order valence-corrected chi connectivity index (χ2v) is 5.41. The summed E-state index contributed by atoms with van der Waals surface area (Å²) in [6.45, 7) is 4.60. The fraction of sp³-hybridized carbons (Fsp3) is 0.375. The smallest absolute Gasteiger partial charge is 0.254 e. The average molecular weight is 285 g/mol. The highest BCUT2D eigenvalue weighted by atomic mass is 16.5. The molecule has 1 aromatic carbocycles. The van der Waals surface area contributed by atoms with Crippen molar-refractivity contribution in [2.45, 2.75) is 32.8 Å². The van der Waals surface area contributed by atoms with Crippen LogP contribution in [0.1, 0.15) is 24.1 Å². The summed E-state index contributed by atoms with van der Waals surface area (Å²) in [6, 6.07) is 9.89. The number of rotatable bonds is 3. The number of hydrogen-bond acceptors (Lipinski definition) is 3. The molecule has 1 N–H and O–H groups in total. The zero-order valence-electron chi connectivity index (χ0n) is 12.3. The van der Waals surface area contributed by atoms with Crippen LogP contribution in [0.15, 0.2) is 30.3 Å². The third-order valence-electron chi connectivity index (χ3n) is 3.55. The molecule has 0 aliphatic carbocycles. The maximum Gasteiger partial charge on any atom is 0.254 e. The van der Waals surface area contributed by atoms with Crippen molar-refractivity contribution in [3.8, 4) is 5.69 Å². The van der Waals surface area contributed by atoms with Crippen LogP contribution in [0.3, 0.4) is 0 Å². The molecular formula is C16H19N3O2. The Kier molecular flexibility index (Phi) is 3.75. The number of anilines is 1. The van der Waals surface area contributed by atoms with E-state index in [2.05, 4.69) is 10.4 Å². The summed E-state index contributed by atoms with van der Waals surface area (Å²) in [5.74, 6) is 0.583. The van der Waals surface area contributed by atoms with Gasteiger partial charge in [-0.3, -0.25) is 4.79 Å². The van der Waals surface area contributed by atoms with Crippen LogP contribution in [0.25, 0.3) is 5.69 Å². The first-order chi connectivity index (χ1) is 10.1. The molecule has 1 aliphatic rings. The maximum absolute atomic E-state index is 12.2. The molecule has 1 atom stereocenters. The zero-order valence-corrected chi connectivity index (χ0v) is 12.3. The molecule has 0 spiro atoms. The number of aryl methyl sites for hydroxylation is 2. The van der Waals surface area contributed by atoms with E-state index in [0.29, 0.717) is 12.4 Å².